The van der Waals surface area contributed by atoms with E-state index in [4.69, 9.17) is 11.6 Å². The summed E-state index contributed by atoms with van der Waals surface area (Å²) in [5, 5.41) is 2.87. The molecule has 1 aromatic carbocycles. The van der Waals surface area contributed by atoms with E-state index in [2.05, 4.69) is 45.0 Å². The van der Waals surface area contributed by atoms with Crippen molar-refractivity contribution in [3.05, 3.63) is 22.7 Å². The Morgan fingerprint density at radius 2 is 2.25 bits per heavy atom. The number of rotatable bonds is 3. The van der Waals surface area contributed by atoms with Crippen molar-refractivity contribution in [2.24, 2.45) is 0 Å². The molecule has 1 amide bonds. The summed E-state index contributed by atoms with van der Waals surface area (Å²) in [7, 11) is 2.13. The minimum atomic E-state index is -0.187. The minimum absolute atomic E-state index is 0.0375. The number of likely N-dealkylation sites (N-methyl/N-ethyl adjacent to an activating group) is 1. The Morgan fingerprint density at radius 1 is 1.50 bits per heavy atom. The Hall–Kier alpha value is -0.780. The number of amides is 1. The first-order chi connectivity index (χ1) is 9.51. The lowest BCUT2D eigenvalue weighted by atomic mass is 10.1. The molecular weight excluding hydrogens is 342 g/mol. The zero-order chi connectivity index (χ0) is 14.7. The molecule has 1 aromatic rings. The van der Waals surface area contributed by atoms with E-state index in [1.165, 1.54) is 0 Å². The second-order valence-corrected chi connectivity index (χ2v) is 6.33. The Labute approximate surface area is 133 Å². The summed E-state index contributed by atoms with van der Waals surface area (Å²) in [6.45, 7) is 5.18. The van der Waals surface area contributed by atoms with Crippen LogP contribution in [0.1, 0.15) is 6.92 Å². The molecule has 0 aliphatic carbocycles. The molecule has 0 spiro atoms. The van der Waals surface area contributed by atoms with Crippen LogP contribution < -0.4 is 10.2 Å². The topological polar surface area (TPSA) is 35.6 Å². The quantitative estimate of drug-likeness (QED) is 0.842. The molecule has 0 saturated carbocycles. The van der Waals surface area contributed by atoms with Crippen LogP contribution in [0.15, 0.2) is 22.7 Å². The monoisotopic (exact) mass is 359 g/mol. The normalized spacial score (nSPS) is 20.0. The van der Waals surface area contributed by atoms with Crippen molar-refractivity contribution in [3.8, 4) is 0 Å². The molecule has 1 fully saturated rings. The number of carbonyl (C=O) groups excluding carboxylic acids is 1. The number of alkyl halides is 1. The van der Waals surface area contributed by atoms with Crippen LogP contribution in [0.3, 0.4) is 0 Å². The van der Waals surface area contributed by atoms with Gasteiger partial charge in [0.15, 0.2) is 0 Å². The van der Waals surface area contributed by atoms with Crippen LogP contribution in [0.2, 0.25) is 0 Å². The van der Waals surface area contributed by atoms with Crippen molar-refractivity contribution in [3.63, 3.8) is 0 Å². The van der Waals surface area contributed by atoms with Crippen LogP contribution in [-0.2, 0) is 4.79 Å². The van der Waals surface area contributed by atoms with Gasteiger partial charge in [0.2, 0.25) is 5.91 Å². The lowest BCUT2D eigenvalue weighted by Crippen LogP contribution is -2.50. The number of nitrogens with zero attached hydrogens (tertiary/aromatic N) is 2. The van der Waals surface area contributed by atoms with Gasteiger partial charge in [-0.25, -0.2) is 0 Å². The second kappa shape index (κ2) is 6.78. The maximum absolute atomic E-state index is 11.6. The Kier molecular flexibility index (Phi) is 5.29. The van der Waals surface area contributed by atoms with E-state index in [0.717, 1.165) is 35.5 Å². The number of anilines is 2. The fourth-order valence-electron chi connectivity index (χ4n) is 2.54. The maximum atomic E-state index is 11.6. The van der Waals surface area contributed by atoms with E-state index >= 15 is 0 Å². The molecule has 1 unspecified atom stereocenters. The average Bonchev–Trinajstić information content (AvgIpc) is 2.40. The summed E-state index contributed by atoms with van der Waals surface area (Å²) in [4.78, 5) is 16.2. The smallest absolute Gasteiger partial charge is 0.239 e. The number of benzene rings is 1. The molecule has 4 nitrogen and oxygen atoms in total. The van der Waals surface area contributed by atoms with Crippen molar-refractivity contribution in [2.75, 3.05) is 42.8 Å². The van der Waals surface area contributed by atoms with E-state index in [0.29, 0.717) is 6.04 Å². The van der Waals surface area contributed by atoms with E-state index in [9.17, 15) is 4.79 Å². The first-order valence-electron chi connectivity index (χ1n) is 6.62. The summed E-state index contributed by atoms with van der Waals surface area (Å²) in [6, 6.07) is 6.36. The number of piperazine rings is 1. The Balaban J connectivity index is 2.28. The lowest BCUT2D eigenvalue weighted by molar-refractivity contribution is -0.113. The fourth-order valence-corrected chi connectivity index (χ4v) is 2.97. The van der Waals surface area contributed by atoms with Crippen LogP contribution >= 0.6 is 27.5 Å². The SMILES string of the molecule is CC1CN(C)CCN1c1ccc(Br)cc1NC(=O)CCl. The van der Waals surface area contributed by atoms with Crippen LogP contribution in [-0.4, -0.2) is 49.4 Å². The van der Waals surface area contributed by atoms with Gasteiger partial charge in [0.1, 0.15) is 5.88 Å². The van der Waals surface area contributed by atoms with Gasteiger partial charge in [0.05, 0.1) is 11.4 Å². The molecule has 0 aromatic heterocycles. The maximum Gasteiger partial charge on any atom is 0.239 e. The van der Waals surface area contributed by atoms with E-state index in [-0.39, 0.29) is 11.8 Å². The standard InChI is InChI=1S/C14H19BrClN3O/c1-10-9-18(2)5-6-19(10)13-4-3-11(15)7-12(13)17-14(20)8-16/h3-4,7,10H,5-6,8-9H2,1-2H3,(H,17,20). The van der Waals surface area contributed by atoms with Gasteiger partial charge in [-0.3, -0.25) is 4.79 Å². The summed E-state index contributed by atoms with van der Waals surface area (Å²) >= 11 is 9.03. The van der Waals surface area contributed by atoms with E-state index in [1.807, 2.05) is 18.2 Å². The third kappa shape index (κ3) is 3.65. The molecule has 1 N–H and O–H groups in total. The van der Waals surface area contributed by atoms with Gasteiger partial charge in [-0.2, -0.15) is 0 Å². The highest BCUT2D eigenvalue weighted by molar-refractivity contribution is 9.10. The number of hydrogen-bond acceptors (Lipinski definition) is 3. The molecule has 20 heavy (non-hydrogen) atoms. The van der Waals surface area contributed by atoms with Crippen molar-refractivity contribution in [2.45, 2.75) is 13.0 Å². The van der Waals surface area contributed by atoms with Gasteiger partial charge in [-0.1, -0.05) is 15.9 Å². The Morgan fingerprint density at radius 3 is 2.90 bits per heavy atom. The minimum Gasteiger partial charge on any atom is -0.365 e. The van der Waals surface area contributed by atoms with Gasteiger partial charge >= 0.3 is 0 Å². The molecule has 1 atom stereocenters. The van der Waals surface area contributed by atoms with Gasteiger partial charge < -0.3 is 15.1 Å². The molecule has 0 bridgehead atoms. The third-order valence-electron chi connectivity index (χ3n) is 3.49. The average molecular weight is 361 g/mol. The van der Waals surface area contributed by atoms with Crippen molar-refractivity contribution >= 4 is 44.8 Å². The molecule has 1 aliphatic heterocycles. The van der Waals surface area contributed by atoms with Crippen molar-refractivity contribution in [1.82, 2.24) is 4.90 Å². The van der Waals surface area contributed by atoms with Crippen molar-refractivity contribution < 1.29 is 4.79 Å². The predicted octanol–water partition coefficient (Wildman–Crippen LogP) is 2.77. The molecule has 1 heterocycles. The van der Waals surface area contributed by atoms with Crippen LogP contribution in [0, 0.1) is 0 Å². The summed E-state index contributed by atoms with van der Waals surface area (Å²) in [5.41, 5.74) is 1.86. The van der Waals surface area contributed by atoms with E-state index < -0.39 is 0 Å². The first kappa shape index (κ1) is 15.6. The number of halogens is 2. The highest BCUT2D eigenvalue weighted by atomic mass is 79.9. The largest absolute Gasteiger partial charge is 0.365 e. The highest BCUT2D eigenvalue weighted by Gasteiger charge is 2.24. The molecule has 110 valence electrons. The van der Waals surface area contributed by atoms with Crippen LogP contribution in [0.25, 0.3) is 0 Å². The summed E-state index contributed by atoms with van der Waals surface area (Å²) in [6.07, 6.45) is 0. The number of hydrogen-bond donors (Lipinski definition) is 1. The number of nitrogens with one attached hydrogen (secondary N) is 1. The highest BCUT2D eigenvalue weighted by Crippen LogP contribution is 2.31. The van der Waals surface area contributed by atoms with Gasteiger partial charge in [0, 0.05) is 30.1 Å². The third-order valence-corrected chi connectivity index (χ3v) is 4.23. The zero-order valence-corrected chi connectivity index (χ0v) is 14.0. The van der Waals surface area contributed by atoms with E-state index in [1.54, 1.807) is 0 Å². The van der Waals surface area contributed by atoms with Crippen LogP contribution in [0.5, 0.6) is 0 Å². The lowest BCUT2D eigenvalue weighted by Gasteiger charge is -2.40. The zero-order valence-electron chi connectivity index (χ0n) is 11.7. The summed E-state index contributed by atoms with van der Waals surface area (Å²) in [5.74, 6) is -0.225. The summed E-state index contributed by atoms with van der Waals surface area (Å²) < 4.78 is 0.938. The molecule has 1 aliphatic rings. The molecular formula is C14H19BrClN3O. The van der Waals surface area contributed by atoms with Gasteiger partial charge in [-0.15, -0.1) is 11.6 Å². The molecule has 0 radical (unpaired) electrons. The van der Waals surface area contributed by atoms with Gasteiger partial charge in [-0.05, 0) is 32.2 Å². The predicted molar refractivity (Wildman–Crippen MR) is 87.8 cm³/mol. The molecule has 1 saturated heterocycles. The van der Waals surface area contributed by atoms with Crippen LogP contribution in [0.4, 0.5) is 11.4 Å². The second-order valence-electron chi connectivity index (χ2n) is 5.15. The first-order valence-corrected chi connectivity index (χ1v) is 7.94. The fraction of sp³-hybridized carbons (Fsp3) is 0.500. The molecule has 2 rings (SSSR count). The van der Waals surface area contributed by atoms with Crippen molar-refractivity contribution in [1.29, 1.82) is 0 Å². The van der Waals surface area contributed by atoms with Gasteiger partial charge in [0.25, 0.3) is 0 Å². The Bertz CT molecular complexity index is 497. The number of carbonyl (C=O) groups is 1. The molecule has 6 heteroatoms.